The van der Waals surface area contributed by atoms with Gasteiger partial charge in [-0.25, -0.2) is 9.97 Å². The first-order valence-electron chi connectivity index (χ1n) is 10.6. The summed E-state index contributed by atoms with van der Waals surface area (Å²) in [5.74, 6) is -1.10. The highest BCUT2D eigenvalue weighted by Crippen LogP contribution is 2.20. The normalized spacial score (nSPS) is 17.8. The molecule has 4 aromatic rings. The highest BCUT2D eigenvalue weighted by atomic mass is 16.2. The fourth-order valence-electron chi connectivity index (χ4n) is 4.16. The summed E-state index contributed by atoms with van der Waals surface area (Å²) in [5.41, 5.74) is -0.195. The molecule has 2 N–H and O–H groups in total. The Labute approximate surface area is 186 Å². The second kappa shape index (κ2) is 8.30. The predicted molar refractivity (Wildman–Crippen MR) is 119 cm³/mol. The van der Waals surface area contributed by atoms with Crippen molar-refractivity contribution in [3.63, 3.8) is 0 Å². The van der Waals surface area contributed by atoms with Crippen LogP contribution in [0, 0.1) is 0 Å². The third-order valence-electron chi connectivity index (χ3n) is 5.87. The van der Waals surface area contributed by atoms with Gasteiger partial charge in [-0.1, -0.05) is 12.1 Å². The van der Waals surface area contributed by atoms with Gasteiger partial charge >= 0.3 is 0 Å². The minimum atomic E-state index is -0.552. The van der Waals surface area contributed by atoms with Gasteiger partial charge in [-0.15, -0.1) is 0 Å². The number of carbonyl (C=O) groups excluding carboxylic acids is 2. The molecule has 1 aliphatic carbocycles. The first-order valence-corrected chi connectivity index (χ1v) is 10.6. The zero-order chi connectivity index (χ0) is 22.9. The molecule has 0 aromatic carbocycles. The molecule has 2 amide bonds. The summed E-state index contributed by atoms with van der Waals surface area (Å²) in [6.07, 6.45) is 7.67. The molecule has 2 atom stereocenters. The van der Waals surface area contributed by atoms with Crippen molar-refractivity contribution in [3.8, 4) is 0 Å². The number of hydrogen-bond acceptors (Lipinski definition) is 6. The van der Waals surface area contributed by atoms with Crippen LogP contribution < -0.4 is 21.8 Å². The number of hydrogen-bond donors (Lipinski definition) is 2. The number of aromatic nitrogens is 4. The van der Waals surface area contributed by atoms with Gasteiger partial charge in [-0.3, -0.25) is 28.0 Å². The van der Waals surface area contributed by atoms with E-state index in [1.807, 2.05) is 0 Å². The third-order valence-corrected chi connectivity index (χ3v) is 5.87. The Morgan fingerprint density at radius 3 is 1.67 bits per heavy atom. The van der Waals surface area contributed by atoms with Crippen molar-refractivity contribution in [2.45, 2.75) is 31.3 Å². The highest BCUT2D eigenvalue weighted by Gasteiger charge is 2.31. The molecule has 166 valence electrons. The molecule has 0 bridgehead atoms. The van der Waals surface area contributed by atoms with Crippen molar-refractivity contribution >= 4 is 23.1 Å². The topological polar surface area (TPSA) is 127 Å². The van der Waals surface area contributed by atoms with Crippen molar-refractivity contribution in [2.75, 3.05) is 0 Å². The zero-order valence-corrected chi connectivity index (χ0v) is 17.5. The summed E-state index contributed by atoms with van der Waals surface area (Å²) in [4.78, 5) is 59.4. The SMILES string of the molecule is O=C(NC1CCCC1NC(=O)c1cnc2ccccn2c1=O)c1cnc2ccccn2c1=O. The Bertz CT molecular complexity index is 1400. The smallest absolute Gasteiger partial charge is 0.270 e. The Morgan fingerprint density at radius 2 is 1.21 bits per heavy atom. The van der Waals surface area contributed by atoms with Crippen LogP contribution in [0.15, 0.2) is 70.8 Å². The van der Waals surface area contributed by atoms with Crippen LogP contribution in [-0.2, 0) is 0 Å². The van der Waals surface area contributed by atoms with Crippen LogP contribution in [0.4, 0.5) is 0 Å². The quantitative estimate of drug-likeness (QED) is 0.479. The third kappa shape index (κ3) is 3.75. The van der Waals surface area contributed by atoms with Crippen LogP contribution in [0.5, 0.6) is 0 Å². The second-order valence-electron chi connectivity index (χ2n) is 7.90. The number of nitrogens with one attached hydrogen (secondary N) is 2. The number of fused-ring (bicyclic) bond motifs is 2. The Balaban J connectivity index is 1.34. The predicted octanol–water partition coefficient (Wildman–Crippen LogP) is 0.783. The van der Waals surface area contributed by atoms with Gasteiger partial charge in [0.2, 0.25) is 0 Å². The molecule has 2 unspecified atom stereocenters. The number of nitrogens with zero attached hydrogens (tertiary/aromatic N) is 4. The molecule has 10 nitrogen and oxygen atoms in total. The number of rotatable bonds is 4. The molecular weight excluding hydrogens is 424 g/mol. The maximum Gasteiger partial charge on any atom is 0.270 e. The molecule has 0 aliphatic heterocycles. The van der Waals surface area contributed by atoms with E-state index in [1.165, 1.54) is 21.2 Å². The van der Waals surface area contributed by atoms with Crippen molar-refractivity contribution in [1.29, 1.82) is 0 Å². The van der Waals surface area contributed by atoms with E-state index in [2.05, 4.69) is 20.6 Å². The molecule has 0 radical (unpaired) electrons. The summed E-state index contributed by atoms with van der Waals surface area (Å²) in [6, 6.07) is 9.47. The lowest BCUT2D eigenvalue weighted by molar-refractivity contribution is 0.0889. The van der Waals surface area contributed by atoms with E-state index >= 15 is 0 Å². The van der Waals surface area contributed by atoms with Gasteiger partial charge in [0.05, 0.1) is 0 Å². The van der Waals surface area contributed by atoms with E-state index in [0.29, 0.717) is 24.1 Å². The molecule has 0 saturated heterocycles. The molecule has 5 rings (SSSR count). The summed E-state index contributed by atoms with van der Waals surface area (Å²) >= 11 is 0. The average Bonchev–Trinajstić information content (AvgIpc) is 3.26. The van der Waals surface area contributed by atoms with E-state index in [9.17, 15) is 19.2 Å². The Morgan fingerprint density at radius 1 is 0.758 bits per heavy atom. The Kier molecular flexibility index (Phi) is 5.17. The monoisotopic (exact) mass is 444 g/mol. The van der Waals surface area contributed by atoms with E-state index in [4.69, 9.17) is 0 Å². The summed E-state index contributed by atoms with van der Waals surface area (Å²) in [6.45, 7) is 0. The van der Waals surface area contributed by atoms with Gasteiger partial charge in [0.25, 0.3) is 22.9 Å². The molecular formula is C23H20N6O4. The highest BCUT2D eigenvalue weighted by molar-refractivity contribution is 5.95. The maximum atomic E-state index is 12.8. The number of carbonyl (C=O) groups is 2. The van der Waals surface area contributed by atoms with Gasteiger partial charge in [0.15, 0.2) is 0 Å². The van der Waals surface area contributed by atoms with E-state index < -0.39 is 22.9 Å². The summed E-state index contributed by atoms with van der Waals surface area (Å²) < 4.78 is 2.62. The lowest BCUT2D eigenvalue weighted by Gasteiger charge is -2.22. The van der Waals surface area contributed by atoms with Crippen molar-refractivity contribution in [2.24, 2.45) is 0 Å². The number of pyridine rings is 2. The van der Waals surface area contributed by atoms with E-state index in [0.717, 1.165) is 6.42 Å². The standard InChI is InChI=1S/C23H20N6O4/c30-20(14-12-24-18-8-1-3-10-28(18)22(14)32)26-16-6-5-7-17(16)27-21(31)15-13-25-19-9-2-4-11-29(19)23(15)33/h1-4,8-13,16-17H,5-7H2,(H,26,30)(H,27,31). The van der Waals surface area contributed by atoms with Crippen molar-refractivity contribution in [1.82, 2.24) is 29.4 Å². The molecule has 0 spiro atoms. The number of amides is 2. The molecule has 33 heavy (non-hydrogen) atoms. The zero-order valence-electron chi connectivity index (χ0n) is 17.5. The molecule has 1 saturated carbocycles. The molecule has 4 heterocycles. The lowest BCUT2D eigenvalue weighted by atomic mass is 10.1. The van der Waals surface area contributed by atoms with Crippen LogP contribution in [0.1, 0.15) is 40.0 Å². The lowest BCUT2D eigenvalue weighted by Crippen LogP contribution is -2.50. The van der Waals surface area contributed by atoms with Gasteiger partial charge in [-0.2, -0.15) is 0 Å². The van der Waals surface area contributed by atoms with E-state index in [1.54, 1.807) is 48.8 Å². The minimum Gasteiger partial charge on any atom is -0.347 e. The van der Waals surface area contributed by atoms with Crippen molar-refractivity contribution in [3.05, 3.63) is 93.0 Å². The average molecular weight is 444 g/mol. The van der Waals surface area contributed by atoms with Crippen LogP contribution in [-0.4, -0.2) is 42.7 Å². The van der Waals surface area contributed by atoms with E-state index in [-0.39, 0.29) is 23.2 Å². The molecule has 4 aromatic heterocycles. The van der Waals surface area contributed by atoms with Crippen LogP contribution in [0.3, 0.4) is 0 Å². The minimum absolute atomic E-state index is 0.0762. The summed E-state index contributed by atoms with van der Waals surface area (Å²) in [5, 5.41) is 5.69. The fraction of sp³-hybridized carbons (Fsp3) is 0.217. The Hall–Kier alpha value is -4.34. The molecule has 1 fully saturated rings. The van der Waals surface area contributed by atoms with Crippen LogP contribution in [0.2, 0.25) is 0 Å². The largest absolute Gasteiger partial charge is 0.347 e. The van der Waals surface area contributed by atoms with Gasteiger partial charge in [0.1, 0.15) is 22.4 Å². The summed E-state index contributed by atoms with van der Waals surface area (Å²) in [7, 11) is 0. The first-order chi connectivity index (χ1) is 16.0. The van der Waals surface area contributed by atoms with Gasteiger partial charge < -0.3 is 10.6 Å². The molecule has 1 aliphatic rings. The fourth-order valence-corrected chi connectivity index (χ4v) is 4.16. The van der Waals surface area contributed by atoms with Gasteiger partial charge in [-0.05, 0) is 43.5 Å². The van der Waals surface area contributed by atoms with Crippen LogP contribution >= 0.6 is 0 Å². The van der Waals surface area contributed by atoms with Gasteiger partial charge in [0, 0.05) is 36.9 Å². The second-order valence-corrected chi connectivity index (χ2v) is 7.90. The molecule has 10 heteroatoms. The van der Waals surface area contributed by atoms with Crippen LogP contribution in [0.25, 0.3) is 11.3 Å². The first kappa shape index (κ1) is 20.6. The maximum absolute atomic E-state index is 12.8. The van der Waals surface area contributed by atoms with Crippen molar-refractivity contribution < 1.29 is 9.59 Å².